The molecule has 0 saturated heterocycles. The van der Waals surface area contributed by atoms with Crippen molar-refractivity contribution in [2.24, 2.45) is 0 Å². The lowest BCUT2D eigenvalue weighted by molar-refractivity contribution is 0.386. The molecule has 0 amide bonds. The molecule has 0 atom stereocenters. The first kappa shape index (κ1) is 7.79. The molecule has 1 nitrogen and oxygen atoms in total. The molecule has 0 aliphatic heterocycles. The molecule has 0 spiro atoms. The van der Waals surface area contributed by atoms with Gasteiger partial charge in [0.2, 0.25) is 0 Å². The summed E-state index contributed by atoms with van der Waals surface area (Å²) < 4.78 is 17.5. The first-order chi connectivity index (χ1) is 5.27. The molecule has 0 N–H and O–H groups in total. The van der Waals surface area contributed by atoms with Gasteiger partial charge in [-0.25, -0.2) is 4.39 Å². The molecule has 0 unspecified atom stereocenters. The predicted octanol–water partition coefficient (Wildman–Crippen LogP) is 2.48. The third-order valence-corrected chi connectivity index (χ3v) is 1.41. The summed E-state index contributed by atoms with van der Waals surface area (Å²) >= 11 is 0. The SMILES string of the molecule is C=Cc1ccc(F)c(OC)c1. The fourth-order valence-corrected chi connectivity index (χ4v) is 0.803. The van der Waals surface area contributed by atoms with Crippen LogP contribution in [0.4, 0.5) is 4.39 Å². The van der Waals surface area contributed by atoms with Crippen LogP contribution in [0.25, 0.3) is 6.08 Å². The van der Waals surface area contributed by atoms with Crippen LogP contribution in [0, 0.1) is 5.82 Å². The minimum atomic E-state index is -0.349. The second-order valence-corrected chi connectivity index (χ2v) is 2.10. The van der Waals surface area contributed by atoms with Gasteiger partial charge in [0.25, 0.3) is 0 Å². The van der Waals surface area contributed by atoms with Crippen molar-refractivity contribution in [1.29, 1.82) is 0 Å². The maximum absolute atomic E-state index is 12.7. The number of benzene rings is 1. The molecule has 11 heavy (non-hydrogen) atoms. The van der Waals surface area contributed by atoms with E-state index in [1.807, 2.05) is 0 Å². The average molecular weight is 152 g/mol. The van der Waals surface area contributed by atoms with Gasteiger partial charge in [-0.2, -0.15) is 0 Å². The third kappa shape index (κ3) is 1.58. The summed E-state index contributed by atoms with van der Waals surface area (Å²) in [6, 6.07) is 4.60. The summed E-state index contributed by atoms with van der Waals surface area (Å²) in [4.78, 5) is 0. The molecule has 2 heteroatoms. The van der Waals surface area contributed by atoms with Crippen molar-refractivity contribution in [1.82, 2.24) is 0 Å². The molecule has 0 saturated carbocycles. The van der Waals surface area contributed by atoms with E-state index in [0.29, 0.717) is 0 Å². The molecule has 58 valence electrons. The Morgan fingerprint density at radius 3 is 2.82 bits per heavy atom. The Labute approximate surface area is 65.1 Å². The van der Waals surface area contributed by atoms with Crippen LogP contribution in [0.3, 0.4) is 0 Å². The van der Waals surface area contributed by atoms with Gasteiger partial charge in [0, 0.05) is 0 Å². The predicted molar refractivity (Wildman–Crippen MR) is 43.0 cm³/mol. The van der Waals surface area contributed by atoms with Crippen LogP contribution in [-0.4, -0.2) is 7.11 Å². The van der Waals surface area contributed by atoms with Gasteiger partial charge in [0.05, 0.1) is 7.11 Å². The minimum absolute atomic E-state index is 0.252. The van der Waals surface area contributed by atoms with E-state index in [2.05, 4.69) is 6.58 Å². The lowest BCUT2D eigenvalue weighted by Gasteiger charge is -2.01. The van der Waals surface area contributed by atoms with Crippen molar-refractivity contribution in [2.45, 2.75) is 0 Å². The maximum Gasteiger partial charge on any atom is 0.165 e. The van der Waals surface area contributed by atoms with Crippen LogP contribution in [-0.2, 0) is 0 Å². The largest absolute Gasteiger partial charge is 0.494 e. The fraction of sp³-hybridized carbons (Fsp3) is 0.111. The van der Waals surface area contributed by atoms with Crippen LogP contribution < -0.4 is 4.74 Å². The highest BCUT2D eigenvalue weighted by Crippen LogP contribution is 2.18. The fourth-order valence-electron chi connectivity index (χ4n) is 0.803. The quantitative estimate of drug-likeness (QED) is 0.632. The van der Waals surface area contributed by atoms with Gasteiger partial charge >= 0.3 is 0 Å². The Morgan fingerprint density at radius 2 is 2.27 bits per heavy atom. The number of rotatable bonds is 2. The molecule has 0 fully saturated rings. The number of halogens is 1. The van der Waals surface area contributed by atoms with E-state index in [-0.39, 0.29) is 11.6 Å². The highest BCUT2D eigenvalue weighted by Gasteiger charge is 2.00. The van der Waals surface area contributed by atoms with E-state index in [0.717, 1.165) is 5.56 Å². The van der Waals surface area contributed by atoms with Gasteiger partial charge in [0.1, 0.15) is 0 Å². The molecule has 1 rings (SSSR count). The first-order valence-corrected chi connectivity index (χ1v) is 3.24. The molecule has 0 radical (unpaired) electrons. The Balaban J connectivity index is 3.12. The van der Waals surface area contributed by atoms with Crippen molar-refractivity contribution < 1.29 is 9.13 Å². The van der Waals surface area contributed by atoms with Gasteiger partial charge in [-0.05, 0) is 17.7 Å². The zero-order chi connectivity index (χ0) is 8.27. The molecule has 0 aromatic heterocycles. The molecule has 0 heterocycles. The summed E-state index contributed by atoms with van der Waals surface area (Å²) in [5.74, 6) is -0.0968. The van der Waals surface area contributed by atoms with Crippen LogP contribution in [0.5, 0.6) is 5.75 Å². The molecule has 0 bridgehead atoms. The normalized spacial score (nSPS) is 9.27. The monoisotopic (exact) mass is 152 g/mol. The van der Waals surface area contributed by atoms with E-state index in [1.165, 1.54) is 13.2 Å². The van der Waals surface area contributed by atoms with Gasteiger partial charge in [-0.15, -0.1) is 0 Å². The zero-order valence-electron chi connectivity index (χ0n) is 6.30. The van der Waals surface area contributed by atoms with Gasteiger partial charge in [-0.1, -0.05) is 18.7 Å². The van der Waals surface area contributed by atoms with Crippen LogP contribution >= 0.6 is 0 Å². The number of hydrogen-bond donors (Lipinski definition) is 0. The van der Waals surface area contributed by atoms with Gasteiger partial charge < -0.3 is 4.74 Å². The lowest BCUT2D eigenvalue weighted by atomic mass is 10.2. The number of methoxy groups -OCH3 is 1. The lowest BCUT2D eigenvalue weighted by Crippen LogP contribution is -1.87. The highest BCUT2D eigenvalue weighted by atomic mass is 19.1. The average Bonchev–Trinajstić information content (AvgIpc) is 2.05. The Hall–Kier alpha value is -1.31. The summed E-state index contributed by atoms with van der Waals surface area (Å²) in [5.41, 5.74) is 0.850. The van der Waals surface area contributed by atoms with E-state index in [9.17, 15) is 4.39 Å². The van der Waals surface area contributed by atoms with Gasteiger partial charge in [-0.3, -0.25) is 0 Å². The Bertz CT molecular complexity index is 268. The highest BCUT2D eigenvalue weighted by molar-refractivity contribution is 5.49. The topological polar surface area (TPSA) is 9.23 Å². The number of hydrogen-bond acceptors (Lipinski definition) is 1. The molecular weight excluding hydrogens is 143 g/mol. The minimum Gasteiger partial charge on any atom is -0.494 e. The summed E-state index contributed by atoms with van der Waals surface area (Å²) in [6.07, 6.45) is 1.64. The summed E-state index contributed by atoms with van der Waals surface area (Å²) in [6.45, 7) is 3.56. The zero-order valence-corrected chi connectivity index (χ0v) is 6.30. The molecule has 0 aliphatic rings. The standard InChI is InChI=1S/C9H9FO/c1-3-7-4-5-8(10)9(6-7)11-2/h3-6H,1H2,2H3. The molecular formula is C9H9FO. The third-order valence-electron chi connectivity index (χ3n) is 1.41. The second-order valence-electron chi connectivity index (χ2n) is 2.10. The van der Waals surface area contributed by atoms with Crippen molar-refractivity contribution in [3.05, 3.63) is 36.2 Å². The summed E-state index contributed by atoms with van der Waals surface area (Å²) in [5, 5.41) is 0. The van der Waals surface area contributed by atoms with Crippen molar-refractivity contribution in [3.63, 3.8) is 0 Å². The van der Waals surface area contributed by atoms with Crippen molar-refractivity contribution >= 4 is 6.08 Å². The van der Waals surface area contributed by atoms with E-state index in [4.69, 9.17) is 4.74 Å². The molecule has 1 aromatic carbocycles. The van der Waals surface area contributed by atoms with E-state index >= 15 is 0 Å². The van der Waals surface area contributed by atoms with Gasteiger partial charge in [0.15, 0.2) is 11.6 Å². The molecule has 0 aliphatic carbocycles. The van der Waals surface area contributed by atoms with Crippen LogP contribution in [0.2, 0.25) is 0 Å². The summed E-state index contributed by atoms with van der Waals surface area (Å²) in [7, 11) is 1.44. The number of ether oxygens (including phenoxy) is 1. The van der Waals surface area contributed by atoms with E-state index in [1.54, 1.807) is 18.2 Å². The molecule has 1 aromatic rings. The van der Waals surface area contributed by atoms with E-state index < -0.39 is 0 Å². The maximum atomic E-state index is 12.7. The first-order valence-electron chi connectivity index (χ1n) is 3.24. The van der Waals surface area contributed by atoms with Crippen LogP contribution in [0.1, 0.15) is 5.56 Å². The smallest absolute Gasteiger partial charge is 0.165 e. The van der Waals surface area contributed by atoms with Crippen molar-refractivity contribution in [3.8, 4) is 5.75 Å². The second kappa shape index (κ2) is 3.19. The Kier molecular flexibility index (Phi) is 2.26. The van der Waals surface area contributed by atoms with Crippen LogP contribution in [0.15, 0.2) is 24.8 Å². The Morgan fingerprint density at radius 1 is 1.55 bits per heavy atom. The van der Waals surface area contributed by atoms with Crippen molar-refractivity contribution in [2.75, 3.05) is 7.11 Å².